The Balaban J connectivity index is 1.09. The van der Waals surface area contributed by atoms with Crippen LogP contribution in [0.25, 0.3) is 61.0 Å². The summed E-state index contributed by atoms with van der Waals surface area (Å²) in [5, 5.41) is 13.9. The second kappa shape index (κ2) is 14.9. The van der Waals surface area contributed by atoms with Crippen LogP contribution in [0.4, 0.5) is 5.69 Å². The second-order valence-electron chi connectivity index (χ2n) is 13.3. The van der Waals surface area contributed by atoms with Crippen molar-refractivity contribution in [2.45, 2.75) is 13.7 Å². The van der Waals surface area contributed by atoms with Gasteiger partial charge in [-0.15, -0.1) is 0 Å². The van der Waals surface area contributed by atoms with Crippen molar-refractivity contribution >= 4 is 43.4 Å². The summed E-state index contributed by atoms with van der Waals surface area (Å²) in [7, 11) is 0. The number of ether oxygens (including phenoxy) is 2. The number of benzene rings is 7. The summed E-state index contributed by atoms with van der Waals surface area (Å²) in [5.41, 5.74) is 4.52. The molecule has 0 radical (unpaired) electrons. The molecular weight excluding hydrogens is 774 g/mol. The van der Waals surface area contributed by atoms with E-state index in [1.165, 1.54) is 12.3 Å². The molecule has 57 heavy (non-hydrogen) atoms. The molecule has 8 heteroatoms. The van der Waals surface area contributed by atoms with E-state index in [0.29, 0.717) is 73.1 Å². The van der Waals surface area contributed by atoms with Crippen LogP contribution in [0.15, 0.2) is 174 Å². The molecule has 0 saturated carbocycles. The number of hydrogen-bond acceptors (Lipinski definition) is 5. The summed E-state index contributed by atoms with van der Waals surface area (Å²) in [6.45, 7) is -4.91. The number of pyridine rings is 1. The van der Waals surface area contributed by atoms with Crippen LogP contribution in [0.3, 0.4) is 0 Å². The van der Waals surface area contributed by atoms with Crippen LogP contribution in [-0.2, 0) is 0 Å². The summed E-state index contributed by atoms with van der Waals surface area (Å²) in [4.78, 5) is 17.0. The first-order valence-corrected chi connectivity index (χ1v) is 18.8. The molecule has 0 amide bonds. The van der Waals surface area contributed by atoms with Crippen molar-refractivity contribution in [1.29, 1.82) is 0 Å². The van der Waals surface area contributed by atoms with E-state index < -0.39 is 13.7 Å². The largest absolute Gasteiger partial charge is 0.457 e. The normalized spacial score (nSPS) is 13.2. The Kier molecular flexibility index (Phi) is 7.65. The molecule has 0 aliphatic carbocycles. The van der Waals surface area contributed by atoms with Gasteiger partial charge in [0.05, 0.1) is 27.1 Å². The van der Waals surface area contributed by atoms with E-state index in [1.807, 2.05) is 71.3 Å². The van der Waals surface area contributed by atoms with E-state index in [4.69, 9.17) is 22.7 Å². The fraction of sp³-hybridized carbons (Fsp3) is 0.0408. The predicted molar refractivity (Wildman–Crippen MR) is 232 cm³/mol. The van der Waals surface area contributed by atoms with Crippen molar-refractivity contribution in [3.8, 4) is 62.2 Å². The van der Waals surface area contributed by atoms with E-state index >= 15 is 0 Å². The topological polar surface area (TPSA) is 79.4 Å². The number of aromatic nitrogens is 2. The molecule has 0 bridgehead atoms. The van der Waals surface area contributed by atoms with Crippen LogP contribution in [0.2, 0.25) is 0 Å². The SMILES string of the molecule is [2H]C([2H])([2H])c1ccc2c(c1)c1ccc(Oc3cccc(Br)c3)cc1n2-c1cc(C([2H])([2H])[2H])c(-c2ccc(Oc3ccccc3-c3cccc(-c4ccccc4)c3[N+](=O)[O-])cc2)cn1. The highest BCUT2D eigenvalue weighted by atomic mass is 79.9. The molecule has 7 nitrogen and oxygen atoms in total. The fourth-order valence-corrected chi connectivity index (χ4v) is 7.57. The summed E-state index contributed by atoms with van der Waals surface area (Å²) < 4.78 is 65.4. The first-order chi connectivity index (χ1) is 30.2. The summed E-state index contributed by atoms with van der Waals surface area (Å²) in [6.07, 6.45) is 1.53. The fourth-order valence-electron chi connectivity index (χ4n) is 7.19. The third kappa shape index (κ3) is 6.92. The standard InChI is InChI=1S/C49H34BrN3O4/c1-31-18-25-45-43(26-31)40-24-23-38(56-37-13-8-12-35(50)28-37)29-46(40)52(45)48-27-32(2)44(30-51-48)34-19-21-36(22-20-34)57-47-17-7-6-14-41(47)42-16-9-15-39(49(42)53(54)55)33-10-4-3-5-11-33/h3-30H,1-2H3/i1D3,2D3. The zero-order valence-electron chi connectivity index (χ0n) is 36.0. The maximum Gasteiger partial charge on any atom is 0.285 e. The van der Waals surface area contributed by atoms with Gasteiger partial charge in [0.15, 0.2) is 0 Å². The minimum absolute atomic E-state index is 0.0427. The van der Waals surface area contributed by atoms with Crippen LogP contribution in [-0.4, -0.2) is 14.5 Å². The minimum Gasteiger partial charge on any atom is -0.457 e. The first kappa shape index (κ1) is 29.3. The Labute approximate surface area is 346 Å². The van der Waals surface area contributed by atoms with Crippen LogP contribution >= 0.6 is 15.9 Å². The summed E-state index contributed by atoms with van der Waals surface area (Å²) in [5.74, 6) is 2.25. The molecule has 276 valence electrons. The van der Waals surface area contributed by atoms with Gasteiger partial charge in [0.2, 0.25) is 0 Å². The number of nitro benzene ring substituents is 1. The van der Waals surface area contributed by atoms with E-state index in [9.17, 15) is 10.1 Å². The molecule has 0 atom stereocenters. The average Bonchev–Trinajstić information content (AvgIpc) is 3.59. The lowest BCUT2D eigenvalue weighted by molar-refractivity contribution is -0.383. The van der Waals surface area contributed by atoms with Crippen molar-refractivity contribution in [3.63, 3.8) is 0 Å². The highest BCUT2D eigenvalue weighted by molar-refractivity contribution is 9.10. The highest BCUT2D eigenvalue weighted by Gasteiger charge is 2.24. The van der Waals surface area contributed by atoms with Gasteiger partial charge in [0.1, 0.15) is 28.8 Å². The molecule has 0 saturated heterocycles. The molecule has 0 fully saturated rings. The number of rotatable bonds is 9. The zero-order valence-corrected chi connectivity index (χ0v) is 31.6. The van der Waals surface area contributed by atoms with Crippen molar-refractivity contribution in [2.24, 2.45) is 0 Å². The number of para-hydroxylation sites is 2. The smallest absolute Gasteiger partial charge is 0.285 e. The van der Waals surface area contributed by atoms with Crippen molar-refractivity contribution in [2.75, 3.05) is 0 Å². The van der Waals surface area contributed by atoms with Crippen LogP contribution in [0.1, 0.15) is 19.4 Å². The van der Waals surface area contributed by atoms with Gasteiger partial charge < -0.3 is 9.47 Å². The van der Waals surface area contributed by atoms with Crippen molar-refractivity contribution in [3.05, 3.63) is 196 Å². The molecule has 9 aromatic rings. The molecule has 0 spiro atoms. The first-order valence-electron chi connectivity index (χ1n) is 21.0. The van der Waals surface area contributed by atoms with Crippen molar-refractivity contribution < 1.29 is 22.6 Å². The molecule has 9 rings (SSSR count). The Morgan fingerprint density at radius 3 is 2.16 bits per heavy atom. The molecule has 0 unspecified atom stereocenters. The molecule has 2 aromatic heterocycles. The Bertz CT molecular complexity index is 3210. The minimum atomic E-state index is -2.56. The number of nitro groups is 1. The maximum absolute atomic E-state index is 12.6. The van der Waals surface area contributed by atoms with Gasteiger partial charge in [-0.1, -0.05) is 100 Å². The number of fused-ring (bicyclic) bond motifs is 3. The molecule has 7 aromatic carbocycles. The molecule has 0 aliphatic heterocycles. The number of aryl methyl sites for hydroxylation is 2. The van der Waals surface area contributed by atoms with E-state index in [0.717, 1.165) is 15.4 Å². The predicted octanol–water partition coefficient (Wildman–Crippen LogP) is 14.1. The Hall–Kier alpha value is -7.03. The quantitative estimate of drug-likeness (QED) is 0.107. The van der Waals surface area contributed by atoms with Gasteiger partial charge in [0.25, 0.3) is 5.69 Å². The second-order valence-corrected chi connectivity index (χ2v) is 14.3. The van der Waals surface area contributed by atoms with Crippen LogP contribution < -0.4 is 9.47 Å². The molecule has 0 N–H and O–H groups in total. The third-order valence-electron chi connectivity index (χ3n) is 9.76. The average molecular weight is 815 g/mol. The lowest BCUT2D eigenvalue weighted by Gasteiger charge is -2.14. The maximum atomic E-state index is 12.6. The van der Waals surface area contributed by atoms with E-state index in [2.05, 4.69) is 15.9 Å². The van der Waals surface area contributed by atoms with Gasteiger partial charge in [-0.25, -0.2) is 4.98 Å². The van der Waals surface area contributed by atoms with Gasteiger partial charge in [-0.3, -0.25) is 14.7 Å². The van der Waals surface area contributed by atoms with Crippen LogP contribution in [0, 0.1) is 23.8 Å². The summed E-state index contributed by atoms with van der Waals surface area (Å²) >= 11 is 3.48. The lowest BCUT2D eigenvalue weighted by Crippen LogP contribution is -1.99. The van der Waals surface area contributed by atoms with Gasteiger partial charge in [-0.2, -0.15) is 0 Å². The molecule has 0 aliphatic rings. The third-order valence-corrected chi connectivity index (χ3v) is 10.3. The van der Waals surface area contributed by atoms with E-state index in [-0.39, 0.29) is 21.7 Å². The monoisotopic (exact) mass is 813 g/mol. The zero-order chi connectivity index (χ0) is 44.0. The van der Waals surface area contributed by atoms with Crippen molar-refractivity contribution in [1.82, 2.24) is 9.55 Å². The van der Waals surface area contributed by atoms with Crippen LogP contribution in [0.5, 0.6) is 23.0 Å². The van der Waals surface area contributed by atoms with E-state index in [1.54, 1.807) is 91.0 Å². The van der Waals surface area contributed by atoms with Gasteiger partial charge in [0, 0.05) is 46.9 Å². The number of nitrogens with zero attached hydrogens (tertiary/aromatic N) is 3. The number of halogens is 1. The highest BCUT2D eigenvalue weighted by Crippen LogP contribution is 2.43. The summed E-state index contributed by atoms with van der Waals surface area (Å²) in [6, 6.07) is 47.7. The Morgan fingerprint density at radius 1 is 0.614 bits per heavy atom. The molecule has 2 heterocycles. The molecular formula is C49H34BrN3O4. The Morgan fingerprint density at radius 2 is 1.35 bits per heavy atom. The van der Waals surface area contributed by atoms with Gasteiger partial charge in [-0.05, 0) is 109 Å². The van der Waals surface area contributed by atoms with Gasteiger partial charge >= 0.3 is 0 Å². The number of hydrogen-bond donors (Lipinski definition) is 0. The lowest BCUT2D eigenvalue weighted by atomic mass is 9.95.